The maximum atomic E-state index is 13.0. The monoisotopic (exact) mass is 300 g/mol. The summed E-state index contributed by atoms with van der Waals surface area (Å²) in [6, 6.07) is 5.34. The van der Waals surface area contributed by atoms with Crippen molar-refractivity contribution in [3.63, 3.8) is 0 Å². The standard InChI is InChI=1S/C14H15F3N2O2/c15-14(16,17)11-4-2-1-3-10(11)7-19-12(20)21-9-13(19)5-6-18-8-13/h1-4,18H,5-9H2. The van der Waals surface area contributed by atoms with E-state index < -0.39 is 23.4 Å². The van der Waals surface area contributed by atoms with Crippen molar-refractivity contribution in [3.05, 3.63) is 35.4 Å². The van der Waals surface area contributed by atoms with Crippen LogP contribution in [0.2, 0.25) is 0 Å². The van der Waals surface area contributed by atoms with Gasteiger partial charge in [0.05, 0.1) is 17.6 Å². The number of ether oxygens (including phenoxy) is 1. The summed E-state index contributed by atoms with van der Waals surface area (Å²) in [6.07, 6.45) is -4.29. The van der Waals surface area contributed by atoms with Crippen LogP contribution in [0.3, 0.4) is 0 Å². The van der Waals surface area contributed by atoms with Crippen LogP contribution in [0.1, 0.15) is 17.5 Å². The quantitative estimate of drug-likeness (QED) is 0.912. The summed E-state index contributed by atoms with van der Waals surface area (Å²) in [5.74, 6) is 0. The fourth-order valence-corrected chi connectivity index (χ4v) is 2.97. The van der Waals surface area contributed by atoms with E-state index in [9.17, 15) is 18.0 Å². The fourth-order valence-electron chi connectivity index (χ4n) is 2.97. The van der Waals surface area contributed by atoms with Gasteiger partial charge in [-0.25, -0.2) is 4.79 Å². The number of carbonyl (C=O) groups excluding carboxylic acids is 1. The van der Waals surface area contributed by atoms with Gasteiger partial charge in [0, 0.05) is 6.54 Å². The molecule has 1 unspecified atom stereocenters. The molecule has 1 aromatic carbocycles. The largest absolute Gasteiger partial charge is 0.447 e. The second-order valence-corrected chi connectivity index (χ2v) is 5.45. The van der Waals surface area contributed by atoms with E-state index in [1.54, 1.807) is 6.07 Å². The molecule has 1 atom stereocenters. The first-order valence-corrected chi connectivity index (χ1v) is 6.73. The lowest BCUT2D eigenvalue weighted by Crippen LogP contribution is -2.48. The van der Waals surface area contributed by atoms with Crippen LogP contribution < -0.4 is 5.32 Å². The summed E-state index contributed by atoms with van der Waals surface area (Å²) >= 11 is 0. The highest BCUT2D eigenvalue weighted by Gasteiger charge is 2.49. The highest BCUT2D eigenvalue weighted by Crippen LogP contribution is 2.36. The van der Waals surface area contributed by atoms with E-state index in [-0.39, 0.29) is 18.7 Å². The topological polar surface area (TPSA) is 41.6 Å². The third-order valence-electron chi connectivity index (χ3n) is 4.13. The third-order valence-corrected chi connectivity index (χ3v) is 4.13. The molecule has 2 aliphatic rings. The van der Waals surface area contributed by atoms with Gasteiger partial charge in [0.25, 0.3) is 0 Å². The van der Waals surface area contributed by atoms with Gasteiger partial charge in [0.2, 0.25) is 0 Å². The van der Waals surface area contributed by atoms with E-state index in [0.717, 1.165) is 12.6 Å². The smallest absolute Gasteiger partial charge is 0.416 e. The molecule has 0 bridgehead atoms. The predicted octanol–water partition coefficient (Wildman–Crippen LogP) is 2.39. The molecule has 2 saturated heterocycles. The van der Waals surface area contributed by atoms with Gasteiger partial charge in [-0.1, -0.05) is 18.2 Å². The predicted molar refractivity (Wildman–Crippen MR) is 68.6 cm³/mol. The molecule has 2 heterocycles. The molecule has 2 fully saturated rings. The second-order valence-electron chi connectivity index (χ2n) is 5.45. The molecule has 1 aromatic rings. The maximum absolute atomic E-state index is 13.0. The third kappa shape index (κ3) is 2.46. The number of hydrogen-bond acceptors (Lipinski definition) is 3. The van der Waals surface area contributed by atoms with Crippen LogP contribution in [0.15, 0.2) is 24.3 Å². The SMILES string of the molecule is O=C1OCC2(CCNC2)N1Cc1ccccc1C(F)(F)F. The van der Waals surface area contributed by atoms with Crippen LogP contribution in [-0.2, 0) is 17.5 Å². The van der Waals surface area contributed by atoms with Crippen LogP contribution in [0.5, 0.6) is 0 Å². The maximum Gasteiger partial charge on any atom is 0.416 e. The zero-order valence-corrected chi connectivity index (χ0v) is 11.2. The minimum atomic E-state index is -4.43. The summed E-state index contributed by atoms with van der Waals surface area (Å²) in [5.41, 5.74) is -1.13. The number of nitrogens with one attached hydrogen (secondary N) is 1. The number of halogens is 3. The van der Waals surface area contributed by atoms with Crippen LogP contribution in [0.25, 0.3) is 0 Å². The van der Waals surface area contributed by atoms with E-state index >= 15 is 0 Å². The first kappa shape index (κ1) is 14.2. The molecule has 114 valence electrons. The van der Waals surface area contributed by atoms with E-state index in [0.29, 0.717) is 13.0 Å². The number of cyclic esters (lactones) is 1. The van der Waals surface area contributed by atoms with Crippen LogP contribution in [0, 0.1) is 0 Å². The Morgan fingerprint density at radius 3 is 2.76 bits per heavy atom. The Kier molecular flexibility index (Phi) is 3.32. The molecular weight excluding hydrogens is 285 g/mol. The molecule has 0 saturated carbocycles. The van der Waals surface area contributed by atoms with Crippen LogP contribution in [0.4, 0.5) is 18.0 Å². The zero-order valence-electron chi connectivity index (χ0n) is 11.2. The molecule has 2 aliphatic heterocycles. The van der Waals surface area contributed by atoms with Crippen molar-refractivity contribution < 1.29 is 22.7 Å². The molecule has 1 N–H and O–H groups in total. The molecule has 0 radical (unpaired) electrons. The zero-order chi connectivity index (χ0) is 15.1. The number of amides is 1. The summed E-state index contributed by atoms with van der Waals surface area (Å²) in [4.78, 5) is 13.3. The second kappa shape index (κ2) is 4.91. The van der Waals surface area contributed by atoms with Crippen molar-refractivity contribution in [2.45, 2.75) is 24.7 Å². The van der Waals surface area contributed by atoms with Gasteiger partial charge >= 0.3 is 12.3 Å². The van der Waals surface area contributed by atoms with Gasteiger partial charge in [-0.15, -0.1) is 0 Å². The molecule has 3 rings (SSSR count). The van der Waals surface area contributed by atoms with Gasteiger partial charge in [-0.05, 0) is 24.6 Å². The summed E-state index contributed by atoms with van der Waals surface area (Å²) in [5, 5.41) is 3.14. The lowest BCUT2D eigenvalue weighted by Gasteiger charge is -2.31. The van der Waals surface area contributed by atoms with E-state index in [2.05, 4.69) is 5.32 Å². The minimum absolute atomic E-state index is 0.0871. The number of rotatable bonds is 2. The Hall–Kier alpha value is -1.76. The number of hydrogen-bond donors (Lipinski definition) is 1. The lowest BCUT2D eigenvalue weighted by molar-refractivity contribution is -0.138. The van der Waals surface area contributed by atoms with Crippen molar-refractivity contribution in [1.29, 1.82) is 0 Å². The average molecular weight is 300 g/mol. The number of alkyl halides is 3. The molecule has 1 spiro atoms. The average Bonchev–Trinajstić information content (AvgIpc) is 3.02. The minimum Gasteiger partial charge on any atom is -0.447 e. The fraction of sp³-hybridized carbons (Fsp3) is 0.500. The number of benzene rings is 1. The Bertz CT molecular complexity index is 553. The normalized spacial score (nSPS) is 25.7. The number of nitrogens with zero attached hydrogens (tertiary/aromatic N) is 1. The molecule has 21 heavy (non-hydrogen) atoms. The molecule has 7 heteroatoms. The van der Waals surface area contributed by atoms with Crippen molar-refractivity contribution in [1.82, 2.24) is 10.2 Å². The molecule has 1 amide bonds. The first-order chi connectivity index (χ1) is 9.92. The highest BCUT2D eigenvalue weighted by atomic mass is 19.4. The Balaban J connectivity index is 1.91. The number of carbonyl (C=O) groups is 1. The van der Waals surface area contributed by atoms with Crippen molar-refractivity contribution in [2.24, 2.45) is 0 Å². The first-order valence-electron chi connectivity index (χ1n) is 6.73. The Labute approximate surface area is 119 Å². The van der Waals surface area contributed by atoms with Crippen LogP contribution >= 0.6 is 0 Å². The molecule has 0 aromatic heterocycles. The van der Waals surface area contributed by atoms with Gasteiger partial charge in [0.1, 0.15) is 6.61 Å². The summed E-state index contributed by atoms with van der Waals surface area (Å²) in [7, 11) is 0. The van der Waals surface area contributed by atoms with Crippen LogP contribution in [-0.4, -0.2) is 36.2 Å². The van der Waals surface area contributed by atoms with E-state index in [1.165, 1.54) is 17.0 Å². The summed E-state index contributed by atoms with van der Waals surface area (Å²) in [6.45, 7) is 1.42. The highest BCUT2D eigenvalue weighted by molar-refractivity contribution is 5.71. The van der Waals surface area contributed by atoms with Gasteiger partial charge in [-0.3, -0.25) is 4.90 Å². The summed E-state index contributed by atoms with van der Waals surface area (Å²) < 4.78 is 44.2. The van der Waals surface area contributed by atoms with Gasteiger partial charge in [-0.2, -0.15) is 13.2 Å². The van der Waals surface area contributed by atoms with E-state index in [4.69, 9.17) is 4.74 Å². The van der Waals surface area contributed by atoms with Gasteiger partial charge < -0.3 is 10.1 Å². The van der Waals surface area contributed by atoms with Crippen molar-refractivity contribution in [2.75, 3.05) is 19.7 Å². The van der Waals surface area contributed by atoms with Crippen molar-refractivity contribution >= 4 is 6.09 Å². The Morgan fingerprint density at radius 1 is 1.33 bits per heavy atom. The molecular formula is C14H15F3N2O2. The molecule has 4 nitrogen and oxygen atoms in total. The Morgan fingerprint density at radius 2 is 2.10 bits per heavy atom. The molecule has 0 aliphatic carbocycles. The van der Waals surface area contributed by atoms with Gasteiger partial charge in [0.15, 0.2) is 0 Å². The lowest BCUT2D eigenvalue weighted by atomic mass is 9.97. The van der Waals surface area contributed by atoms with E-state index in [1.807, 2.05) is 0 Å². The van der Waals surface area contributed by atoms with Crippen molar-refractivity contribution in [3.8, 4) is 0 Å².